The lowest BCUT2D eigenvalue weighted by Crippen LogP contribution is -3.00. The molecule has 2 aliphatic rings. The van der Waals surface area contributed by atoms with Gasteiger partial charge in [0.25, 0.3) is 0 Å². The summed E-state index contributed by atoms with van der Waals surface area (Å²) in [4.78, 5) is 0. The second-order valence-corrected chi connectivity index (χ2v) is 5.77. The van der Waals surface area contributed by atoms with E-state index in [4.69, 9.17) is 0 Å². The van der Waals surface area contributed by atoms with Crippen LogP contribution >= 0.6 is 0 Å². The molecular formula is C13H26IN. The van der Waals surface area contributed by atoms with Crippen molar-refractivity contribution in [3.8, 4) is 0 Å². The van der Waals surface area contributed by atoms with Gasteiger partial charge in [-0.3, -0.25) is 0 Å². The van der Waals surface area contributed by atoms with E-state index in [1.165, 1.54) is 62.5 Å². The molecule has 0 spiro atoms. The Labute approximate surface area is 112 Å². The highest BCUT2D eigenvalue weighted by atomic mass is 127. The molecule has 0 aromatic rings. The summed E-state index contributed by atoms with van der Waals surface area (Å²) in [6, 6.07) is 0.929. The summed E-state index contributed by atoms with van der Waals surface area (Å²) >= 11 is 0. The summed E-state index contributed by atoms with van der Waals surface area (Å²) in [6.07, 6.45) is 10.4. The Balaban J connectivity index is 0.00000112. The molecule has 15 heavy (non-hydrogen) atoms. The normalized spacial score (nSPS) is 28.4. The fraction of sp³-hybridized carbons (Fsp3) is 1.00. The van der Waals surface area contributed by atoms with Gasteiger partial charge in [0, 0.05) is 18.8 Å². The Bertz CT molecular complexity index is 181. The van der Waals surface area contributed by atoms with Gasteiger partial charge in [0.1, 0.15) is 0 Å². The Morgan fingerprint density at radius 2 is 1.47 bits per heavy atom. The van der Waals surface area contributed by atoms with E-state index in [-0.39, 0.29) is 24.0 Å². The summed E-state index contributed by atoms with van der Waals surface area (Å²) in [5, 5.41) is 0. The first-order valence-corrected chi connectivity index (χ1v) is 6.57. The van der Waals surface area contributed by atoms with E-state index in [2.05, 4.69) is 14.0 Å². The highest BCUT2D eigenvalue weighted by molar-refractivity contribution is 4.73. The summed E-state index contributed by atoms with van der Waals surface area (Å²) in [5.41, 5.74) is 0. The first-order valence-electron chi connectivity index (χ1n) is 6.57. The van der Waals surface area contributed by atoms with Crippen LogP contribution in [0, 0.1) is 5.92 Å². The molecule has 0 N–H and O–H groups in total. The molecule has 1 nitrogen and oxygen atoms in total. The number of hydrogen-bond acceptors (Lipinski definition) is 0. The standard InChI is InChI=1S/C13H26N.HI/c1-12(13-8-4-3-5-9-13)14(2)10-6-7-11-14;/h12-13H,3-11H2,1-2H3;1H/q+1;/p-1. The molecule has 0 radical (unpaired) electrons. The lowest BCUT2D eigenvalue weighted by atomic mass is 9.83. The van der Waals surface area contributed by atoms with Crippen molar-refractivity contribution in [1.82, 2.24) is 0 Å². The monoisotopic (exact) mass is 323 g/mol. The molecule has 1 aliphatic heterocycles. The molecule has 0 bridgehead atoms. The van der Waals surface area contributed by atoms with Crippen molar-refractivity contribution >= 4 is 0 Å². The molecule has 1 aliphatic carbocycles. The number of likely N-dealkylation sites (tertiary alicyclic amines) is 1. The van der Waals surface area contributed by atoms with Crippen LogP contribution in [0.3, 0.4) is 0 Å². The van der Waals surface area contributed by atoms with Crippen molar-refractivity contribution in [2.45, 2.75) is 57.9 Å². The molecule has 1 atom stereocenters. The van der Waals surface area contributed by atoms with E-state index in [9.17, 15) is 0 Å². The second kappa shape index (κ2) is 5.85. The van der Waals surface area contributed by atoms with Crippen molar-refractivity contribution in [2.24, 2.45) is 5.92 Å². The molecular weight excluding hydrogens is 297 g/mol. The van der Waals surface area contributed by atoms with Gasteiger partial charge >= 0.3 is 0 Å². The topological polar surface area (TPSA) is 0 Å². The van der Waals surface area contributed by atoms with Crippen LogP contribution in [0.25, 0.3) is 0 Å². The quantitative estimate of drug-likeness (QED) is 0.503. The molecule has 2 fully saturated rings. The van der Waals surface area contributed by atoms with E-state index in [1.54, 1.807) is 0 Å². The van der Waals surface area contributed by atoms with Crippen LogP contribution in [0.1, 0.15) is 51.9 Å². The van der Waals surface area contributed by atoms with E-state index in [0.717, 1.165) is 12.0 Å². The zero-order valence-corrected chi connectivity index (χ0v) is 12.5. The van der Waals surface area contributed by atoms with Crippen molar-refractivity contribution in [3.63, 3.8) is 0 Å². The summed E-state index contributed by atoms with van der Waals surface area (Å²) in [5.74, 6) is 1.03. The number of rotatable bonds is 2. The van der Waals surface area contributed by atoms with Crippen LogP contribution < -0.4 is 24.0 Å². The zero-order chi connectivity index (χ0) is 10.0. The molecule has 1 heterocycles. The van der Waals surface area contributed by atoms with Gasteiger partial charge in [-0.05, 0) is 19.8 Å². The SMILES string of the molecule is CC(C1CCCCC1)[N+]1(C)CCCC1.[I-]. The zero-order valence-electron chi connectivity index (χ0n) is 10.3. The van der Waals surface area contributed by atoms with Crippen LogP contribution in [0.5, 0.6) is 0 Å². The Hall–Kier alpha value is 0.690. The predicted molar refractivity (Wildman–Crippen MR) is 61.2 cm³/mol. The van der Waals surface area contributed by atoms with Crippen LogP contribution in [-0.2, 0) is 0 Å². The number of hydrogen-bond donors (Lipinski definition) is 0. The third-order valence-corrected chi connectivity index (χ3v) is 4.90. The second-order valence-electron chi connectivity index (χ2n) is 5.77. The first kappa shape index (κ1) is 13.8. The molecule has 0 amide bonds. The lowest BCUT2D eigenvalue weighted by molar-refractivity contribution is -0.924. The van der Waals surface area contributed by atoms with Gasteiger partial charge in [0.2, 0.25) is 0 Å². The molecule has 0 aromatic carbocycles. The van der Waals surface area contributed by atoms with Crippen LogP contribution in [-0.4, -0.2) is 30.7 Å². The molecule has 0 aromatic heterocycles. The number of quaternary nitrogens is 1. The lowest BCUT2D eigenvalue weighted by Gasteiger charge is -2.41. The average molecular weight is 323 g/mol. The van der Waals surface area contributed by atoms with E-state index in [1.807, 2.05) is 0 Å². The third-order valence-electron chi connectivity index (χ3n) is 4.90. The fourth-order valence-electron chi connectivity index (χ4n) is 3.59. The van der Waals surface area contributed by atoms with Gasteiger partial charge in [0.05, 0.1) is 26.2 Å². The summed E-state index contributed by atoms with van der Waals surface area (Å²) in [6.45, 7) is 5.40. The van der Waals surface area contributed by atoms with Crippen molar-refractivity contribution < 1.29 is 28.5 Å². The van der Waals surface area contributed by atoms with Gasteiger partial charge in [0.15, 0.2) is 0 Å². The molecule has 2 rings (SSSR count). The van der Waals surface area contributed by atoms with Crippen molar-refractivity contribution in [2.75, 3.05) is 20.1 Å². The van der Waals surface area contributed by atoms with Crippen LogP contribution in [0.4, 0.5) is 0 Å². The molecule has 2 heteroatoms. The Kier molecular flexibility index (Phi) is 5.37. The maximum atomic E-state index is 2.52. The molecule has 1 unspecified atom stereocenters. The number of halogens is 1. The molecule has 90 valence electrons. The minimum atomic E-state index is 0. The summed E-state index contributed by atoms with van der Waals surface area (Å²) < 4.78 is 1.38. The third kappa shape index (κ3) is 3.09. The minimum Gasteiger partial charge on any atom is -1.00 e. The van der Waals surface area contributed by atoms with E-state index in [0.29, 0.717) is 0 Å². The van der Waals surface area contributed by atoms with Gasteiger partial charge < -0.3 is 28.5 Å². The van der Waals surface area contributed by atoms with Gasteiger partial charge in [-0.2, -0.15) is 0 Å². The van der Waals surface area contributed by atoms with Gasteiger partial charge in [-0.25, -0.2) is 0 Å². The van der Waals surface area contributed by atoms with Crippen molar-refractivity contribution in [3.05, 3.63) is 0 Å². The van der Waals surface area contributed by atoms with E-state index >= 15 is 0 Å². The highest BCUT2D eigenvalue weighted by Gasteiger charge is 2.37. The summed E-state index contributed by atoms with van der Waals surface area (Å²) in [7, 11) is 2.49. The average Bonchev–Trinajstić information content (AvgIpc) is 2.67. The van der Waals surface area contributed by atoms with Crippen LogP contribution in [0.2, 0.25) is 0 Å². The maximum absolute atomic E-state index is 2.52. The largest absolute Gasteiger partial charge is 1.00 e. The van der Waals surface area contributed by atoms with Crippen LogP contribution in [0.15, 0.2) is 0 Å². The van der Waals surface area contributed by atoms with Gasteiger partial charge in [-0.15, -0.1) is 0 Å². The van der Waals surface area contributed by atoms with E-state index < -0.39 is 0 Å². The first-order chi connectivity index (χ1) is 6.72. The highest BCUT2D eigenvalue weighted by Crippen LogP contribution is 2.33. The number of nitrogens with zero attached hydrogens (tertiary/aromatic N) is 1. The molecule has 1 saturated heterocycles. The Morgan fingerprint density at radius 1 is 0.933 bits per heavy atom. The van der Waals surface area contributed by atoms with Crippen molar-refractivity contribution in [1.29, 1.82) is 0 Å². The van der Waals surface area contributed by atoms with Gasteiger partial charge in [-0.1, -0.05) is 19.3 Å². The minimum absolute atomic E-state index is 0. The Morgan fingerprint density at radius 3 is 2.00 bits per heavy atom. The fourth-order valence-corrected chi connectivity index (χ4v) is 3.59. The maximum Gasteiger partial charge on any atom is 0.0888 e. The molecule has 1 saturated carbocycles. The predicted octanol–water partition coefficient (Wildman–Crippen LogP) is 0.200. The smallest absolute Gasteiger partial charge is 0.0888 e.